The SMILES string of the molecule is CC(NCCc1ncon1)c1ccc(Br)s1. The van der Waals surface area contributed by atoms with Crippen molar-refractivity contribution in [2.45, 2.75) is 19.4 Å². The van der Waals surface area contributed by atoms with E-state index in [4.69, 9.17) is 0 Å². The van der Waals surface area contributed by atoms with Crippen LogP contribution in [0.5, 0.6) is 0 Å². The van der Waals surface area contributed by atoms with Gasteiger partial charge in [0.25, 0.3) is 0 Å². The van der Waals surface area contributed by atoms with Crippen molar-refractivity contribution in [2.24, 2.45) is 0 Å². The number of rotatable bonds is 5. The van der Waals surface area contributed by atoms with Gasteiger partial charge in [0.1, 0.15) is 0 Å². The van der Waals surface area contributed by atoms with Gasteiger partial charge in [-0.2, -0.15) is 4.98 Å². The zero-order valence-corrected chi connectivity index (χ0v) is 11.2. The van der Waals surface area contributed by atoms with Crippen molar-refractivity contribution in [3.05, 3.63) is 33.0 Å². The summed E-state index contributed by atoms with van der Waals surface area (Å²) < 4.78 is 5.83. The summed E-state index contributed by atoms with van der Waals surface area (Å²) in [5.74, 6) is 0.743. The fraction of sp³-hybridized carbons (Fsp3) is 0.400. The van der Waals surface area contributed by atoms with Gasteiger partial charge in [-0.05, 0) is 35.0 Å². The lowest BCUT2D eigenvalue weighted by Crippen LogP contribution is -2.20. The van der Waals surface area contributed by atoms with Crippen LogP contribution in [-0.2, 0) is 6.42 Å². The summed E-state index contributed by atoms with van der Waals surface area (Å²) in [5, 5.41) is 7.18. The minimum atomic E-state index is 0.350. The summed E-state index contributed by atoms with van der Waals surface area (Å²) >= 11 is 5.21. The monoisotopic (exact) mass is 301 g/mol. The molecule has 0 radical (unpaired) electrons. The van der Waals surface area contributed by atoms with Crippen LogP contribution in [0.15, 0.2) is 26.8 Å². The summed E-state index contributed by atoms with van der Waals surface area (Å²) in [4.78, 5) is 5.29. The van der Waals surface area contributed by atoms with Crippen molar-refractivity contribution >= 4 is 27.3 Å². The first-order valence-corrected chi connectivity index (χ1v) is 6.60. The standard InChI is InChI=1S/C10H12BrN3OS/c1-7(8-2-3-9(11)16-8)12-5-4-10-13-6-15-14-10/h2-3,6-7,12H,4-5H2,1H3. The van der Waals surface area contributed by atoms with E-state index in [1.165, 1.54) is 11.3 Å². The van der Waals surface area contributed by atoms with Gasteiger partial charge in [0, 0.05) is 23.9 Å². The Morgan fingerprint density at radius 3 is 3.06 bits per heavy atom. The van der Waals surface area contributed by atoms with E-state index in [-0.39, 0.29) is 0 Å². The van der Waals surface area contributed by atoms with Gasteiger partial charge in [-0.25, -0.2) is 0 Å². The quantitative estimate of drug-likeness (QED) is 0.922. The Balaban J connectivity index is 1.78. The minimum absolute atomic E-state index is 0.350. The lowest BCUT2D eigenvalue weighted by atomic mass is 10.2. The largest absolute Gasteiger partial charge is 0.343 e. The molecule has 0 saturated carbocycles. The van der Waals surface area contributed by atoms with Gasteiger partial charge >= 0.3 is 0 Å². The van der Waals surface area contributed by atoms with E-state index in [0.29, 0.717) is 6.04 Å². The molecule has 0 aliphatic heterocycles. The number of thiophene rings is 1. The second-order valence-electron chi connectivity index (χ2n) is 3.42. The predicted octanol–water partition coefficient (Wildman–Crippen LogP) is 2.79. The first kappa shape index (κ1) is 11.8. The average Bonchev–Trinajstić information content (AvgIpc) is 2.89. The Hall–Kier alpha value is -0.720. The van der Waals surface area contributed by atoms with Gasteiger partial charge in [-0.1, -0.05) is 5.16 Å². The van der Waals surface area contributed by atoms with Crippen molar-refractivity contribution in [1.29, 1.82) is 0 Å². The highest BCUT2D eigenvalue weighted by Gasteiger charge is 2.07. The summed E-state index contributed by atoms with van der Waals surface area (Å²) in [6.07, 6.45) is 2.14. The van der Waals surface area contributed by atoms with Crippen LogP contribution in [0, 0.1) is 0 Å². The first-order chi connectivity index (χ1) is 7.75. The molecule has 2 aromatic heterocycles. The van der Waals surface area contributed by atoms with E-state index in [9.17, 15) is 0 Å². The number of hydrogen-bond donors (Lipinski definition) is 1. The zero-order chi connectivity index (χ0) is 11.4. The molecule has 2 heterocycles. The summed E-state index contributed by atoms with van der Waals surface area (Å²) in [5.41, 5.74) is 0. The Morgan fingerprint density at radius 2 is 2.44 bits per heavy atom. The van der Waals surface area contributed by atoms with Crippen molar-refractivity contribution in [3.63, 3.8) is 0 Å². The molecule has 2 rings (SSSR count). The maximum atomic E-state index is 4.67. The van der Waals surface area contributed by atoms with E-state index in [1.807, 2.05) is 0 Å². The van der Waals surface area contributed by atoms with Crippen molar-refractivity contribution < 1.29 is 4.52 Å². The molecule has 0 aromatic carbocycles. The van der Waals surface area contributed by atoms with Crippen LogP contribution in [0.4, 0.5) is 0 Å². The second kappa shape index (κ2) is 5.56. The summed E-state index contributed by atoms with van der Waals surface area (Å²) in [7, 11) is 0. The molecule has 0 bridgehead atoms. The number of hydrogen-bond acceptors (Lipinski definition) is 5. The highest BCUT2D eigenvalue weighted by atomic mass is 79.9. The molecule has 6 heteroatoms. The van der Waals surface area contributed by atoms with Gasteiger partial charge in [0.2, 0.25) is 6.39 Å². The molecule has 1 unspecified atom stereocenters. The maximum Gasteiger partial charge on any atom is 0.213 e. The molecule has 0 spiro atoms. The highest BCUT2D eigenvalue weighted by Crippen LogP contribution is 2.26. The van der Waals surface area contributed by atoms with Gasteiger partial charge in [-0.3, -0.25) is 0 Å². The van der Waals surface area contributed by atoms with E-state index < -0.39 is 0 Å². The minimum Gasteiger partial charge on any atom is -0.343 e. The Labute approximate surface area is 106 Å². The molecule has 0 saturated heterocycles. The van der Waals surface area contributed by atoms with Crippen LogP contribution in [0.3, 0.4) is 0 Å². The van der Waals surface area contributed by atoms with E-state index in [0.717, 1.165) is 22.6 Å². The third-order valence-corrected chi connectivity index (χ3v) is 4.03. The van der Waals surface area contributed by atoms with E-state index in [1.54, 1.807) is 11.3 Å². The highest BCUT2D eigenvalue weighted by molar-refractivity contribution is 9.11. The molecule has 4 nitrogen and oxygen atoms in total. The fourth-order valence-electron chi connectivity index (χ4n) is 1.36. The van der Waals surface area contributed by atoms with Crippen LogP contribution in [0.2, 0.25) is 0 Å². The molecule has 16 heavy (non-hydrogen) atoms. The van der Waals surface area contributed by atoms with Gasteiger partial charge in [0.05, 0.1) is 3.79 Å². The predicted molar refractivity (Wildman–Crippen MR) is 66.4 cm³/mol. The molecule has 0 fully saturated rings. The maximum absolute atomic E-state index is 4.67. The van der Waals surface area contributed by atoms with E-state index >= 15 is 0 Å². The molecule has 86 valence electrons. The van der Waals surface area contributed by atoms with Crippen LogP contribution in [0.1, 0.15) is 23.7 Å². The van der Waals surface area contributed by atoms with Crippen molar-refractivity contribution in [1.82, 2.24) is 15.5 Å². The Bertz CT molecular complexity index is 429. The van der Waals surface area contributed by atoms with Gasteiger partial charge in [-0.15, -0.1) is 11.3 Å². The van der Waals surface area contributed by atoms with Crippen molar-refractivity contribution in [2.75, 3.05) is 6.54 Å². The summed E-state index contributed by atoms with van der Waals surface area (Å²) in [6, 6.07) is 4.54. The molecule has 2 aromatic rings. The molecular formula is C10H12BrN3OS. The van der Waals surface area contributed by atoms with Gasteiger partial charge < -0.3 is 9.84 Å². The van der Waals surface area contributed by atoms with Crippen LogP contribution in [-0.4, -0.2) is 16.7 Å². The lowest BCUT2D eigenvalue weighted by Gasteiger charge is -2.10. The molecule has 1 N–H and O–H groups in total. The van der Waals surface area contributed by atoms with Crippen molar-refractivity contribution in [3.8, 4) is 0 Å². The molecule has 0 aliphatic carbocycles. The average molecular weight is 302 g/mol. The number of halogens is 1. The smallest absolute Gasteiger partial charge is 0.213 e. The number of aromatic nitrogens is 2. The van der Waals surface area contributed by atoms with Crippen LogP contribution in [0.25, 0.3) is 0 Å². The normalized spacial score (nSPS) is 12.9. The molecular weight excluding hydrogens is 290 g/mol. The topological polar surface area (TPSA) is 51.0 Å². The first-order valence-electron chi connectivity index (χ1n) is 4.99. The third-order valence-electron chi connectivity index (χ3n) is 2.23. The third kappa shape index (κ3) is 3.13. The zero-order valence-electron chi connectivity index (χ0n) is 8.81. The Morgan fingerprint density at radius 1 is 1.56 bits per heavy atom. The lowest BCUT2D eigenvalue weighted by molar-refractivity contribution is 0.408. The number of nitrogens with one attached hydrogen (secondary N) is 1. The fourth-order valence-corrected chi connectivity index (χ4v) is 2.82. The van der Waals surface area contributed by atoms with Crippen LogP contribution >= 0.6 is 27.3 Å². The van der Waals surface area contributed by atoms with E-state index in [2.05, 4.69) is 55.0 Å². The van der Waals surface area contributed by atoms with Gasteiger partial charge in [0.15, 0.2) is 5.82 Å². The summed E-state index contributed by atoms with van der Waals surface area (Å²) in [6.45, 7) is 2.99. The molecule has 0 amide bonds. The van der Waals surface area contributed by atoms with Crippen LogP contribution < -0.4 is 5.32 Å². The molecule has 1 atom stereocenters. The Kier molecular flexibility index (Phi) is 4.09. The second-order valence-corrected chi connectivity index (χ2v) is 5.91. The molecule has 0 aliphatic rings. The number of nitrogens with zero attached hydrogens (tertiary/aromatic N) is 2.